The Morgan fingerprint density at radius 3 is 0.737 bits per heavy atom. The van der Waals surface area contributed by atoms with Gasteiger partial charge >= 0.3 is 0 Å². The molecule has 76 heavy (non-hydrogen) atoms. The summed E-state index contributed by atoms with van der Waals surface area (Å²) in [6, 6.07) is 72.1. The first kappa shape index (κ1) is 33.5. The van der Waals surface area contributed by atoms with Gasteiger partial charge in [-0.25, -0.2) is 0 Å². The number of aromatic nitrogens is 4. The van der Waals surface area contributed by atoms with Crippen LogP contribution in [0.15, 0.2) is 279 Å². The second-order valence-corrected chi connectivity index (χ2v) is 19.4. The summed E-state index contributed by atoms with van der Waals surface area (Å²) >= 11 is 0. The molecular weight excluding hydrogens is 921 g/mol. The van der Waals surface area contributed by atoms with Gasteiger partial charge in [-0.3, -0.25) is 0 Å². The highest BCUT2D eigenvalue weighted by Crippen LogP contribution is 2.43. The van der Waals surface area contributed by atoms with E-state index in [4.69, 9.17) is 13.7 Å². The summed E-state index contributed by atoms with van der Waals surface area (Å²) in [7, 11) is 0. The molecule has 0 unspecified atom stereocenters. The van der Waals surface area contributed by atoms with Crippen molar-refractivity contribution in [2.75, 3.05) is 0 Å². The quantitative estimate of drug-likeness (QED) is 0.152. The fraction of sp³-hybridized carbons (Fsp3) is 0. The first-order chi connectivity index (χ1) is 41.8. The highest BCUT2D eigenvalue weighted by atomic mass is 15.0. The fourth-order valence-electron chi connectivity index (χ4n) is 12.0. The summed E-state index contributed by atoms with van der Waals surface area (Å²) in [4.78, 5) is 0. The van der Waals surface area contributed by atoms with Gasteiger partial charge in [0.05, 0.1) is 57.8 Å². The molecule has 0 aliphatic heterocycles. The van der Waals surface area contributed by atoms with Crippen LogP contribution in [0.4, 0.5) is 0 Å². The van der Waals surface area contributed by atoms with E-state index in [0.717, 1.165) is 132 Å². The topological polar surface area (TPSA) is 19.7 Å². The standard InChI is InChI=1S/C72H46N4/c1-5-17-53(18-6-1)73-65-27-15-13-25-57(65)59-41-47(29-35-67(59)73)49-31-37-69-61(43-49)63-45-51(33-39-71(63)75(69)55-21-9-3-10-22-55)52-34-40-72-64(46-52)62-44-50(32-38-70(62)76(72)56-23-11-4-12-24-56)48-30-36-68-60(42-48)58-26-14-16-28-66(58)74(68)54-19-7-2-8-20-54/h1-46H/i1D,2D,5D,6D,7D,8D,17D,18D,19D,20D. The lowest BCUT2D eigenvalue weighted by atomic mass is 9.98. The first-order valence-corrected chi connectivity index (χ1v) is 25.3. The lowest BCUT2D eigenvalue weighted by Crippen LogP contribution is -1.93. The Bertz CT molecular complexity index is 5200. The highest BCUT2D eigenvalue weighted by molar-refractivity contribution is 6.16. The van der Waals surface area contributed by atoms with Crippen molar-refractivity contribution in [1.82, 2.24) is 18.3 Å². The van der Waals surface area contributed by atoms with Crippen LogP contribution in [-0.4, -0.2) is 18.3 Å². The molecule has 4 aromatic heterocycles. The zero-order chi connectivity index (χ0) is 58.5. The molecule has 0 saturated heterocycles. The molecule has 4 heterocycles. The molecule has 0 spiro atoms. The number of hydrogen-bond acceptors (Lipinski definition) is 0. The minimum atomic E-state index is -0.429. The second kappa shape index (κ2) is 16.7. The van der Waals surface area contributed by atoms with Crippen molar-refractivity contribution in [2.24, 2.45) is 0 Å². The molecule has 0 fully saturated rings. The van der Waals surface area contributed by atoms with Crippen molar-refractivity contribution in [2.45, 2.75) is 0 Å². The van der Waals surface area contributed by atoms with E-state index in [1.54, 1.807) is 9.13 Å². The number of benzene rings is 12. The van der Waals surface area contributed by atoms with Crippen LogP contribution in [0.25, 0.3) is 143 Å². The Morgan fingerprint density at radius 2 is 0.434 bits per heavy atom. The van der Waals surface area contributed by atoms with Crippen LogP contribution < -0.4 is 0 Å². The molecule has 0 aliphatic rings. The number of fused-ring (bicyclic) bond motifs is 12. The Morgan fingerprint density at radius 1 is 0.197 bits per heavy atom. The first-order valence-electron chi connectivity index (χ1n) is 30.3. The lowest BCUT2D eigenvalue weighted by molar-refractivity contribution is 1.18. The molecular formula is C72H46N4. The van der Waals surface area contributed by atoms with E-state index in [1.807, 2.05) is 84.9 Å². The molecule has 0 N–H and O–H groups in total. The zero-order valence-electron chi connectivity index (χ0n) is 50.6. The maximum absolute atomic E-state index is 8.92. The molecule has 0 radical (unpaired) electrons. The van der Waals surface area contributed by atoms with E-state index >= 15 is 0 Å². The van der Waals surface area contributed by atoms with Gasteiger partial charge in [-0.2, -0.15) is 0 Å². The van der Waals surface area contributed by atoms with Gasteiger partial charge in [0.15, 0.2) is 0 Å². The predicted molar refractivity (Wildman–Crippen MR) is 320 cm³/mol. The molecule has 354 valence electrons. The number of rotatable bonds is 7. The Labute approximate surface area is 452 Å². The van der Waals surface area contributed by atoms with Crippen molar-refractivity contribution < 1.29 is 13.7 Å². The van der Waals surface area contributed by atoms with Gasteiger partial charge in [0.1, 0.15) is 0 Å². The van der Waals surface area contributed by atoms with Gasteiger partial charge in [-0.05, 0) is 167 Å². The van der Waals surface area contributed by atoms with Crippen molar-refractivity contribution in [3.63, 3.8) is 0 Å². The van der Waals surface area contributed by atoms with Crippen LogP contribution in [0, 0.1) is 0 Å². The van der Waals surface area contributed by atoms with Crippen LogP contribution in [-0.2, 0) is 0 Å². The van der Waals surface area contributed by atoms with Crippen LogP contribution in [0.5, 0.6) is 0 Å². The second-order valence-electron chi connectivity index (χ2n) is 19.4. The molecule has 4 nitrogen and oxygen atoms in total. The SMILES string of the molecule is [2H]c1c([2H])c([2H])c(-n2c3ccccc3c3cc(-c4ccc5c(c4)c4cc(-c6ccc7c(c6)c6cc(-c8ccc9c(c8)c8ccccc8n9-c8c([2H])c([2H])c([2H])c([2H])c8[2H])ccc6n7-c6ccccc6)ccc4n5-c4ccccc4)ccc32)c([2H])c1[2H]. The third-order valence-electron chi connectivity index (χ3n) is 15.3. The van der Waals surface area contributed by atoms with Crippen LogP contribution in [0.1, 0.15) is 13.7 Å². The van der Waals surface area contributed by atoms with Crippen LogP contribution >= 0.6 is 0 Å². The fourth-order valence-corrected chi connectivity index (χ4v) is 12.0. The minimum absolute atomic E-state index is 0.113. The van der Waals surface area contributed by atoms with Gasteiger partial charge < -0.3 is 18.3 Å². The monoisotopic (exact) mass is 976 g/mol. The molecule has 0 aliphatic carbocycles. The lowest BCUT2D eigenvalue weighted by Gasteiger charge is -2.09. The van der Waals surface area contributed by atoms with Crippen LogP contribution in [0.3, 0.4) is 0 Å². The minimum Gasteiger partial charge on any atom is -0.309 e. The summed E-state index contributed by atoms with van der Waals surface area (Å²) in [5, 5.41) is 7.92. The molecule has 0 saturated carbocycles. The Kier molecular flexibility index (Phi) is 7.37. The highest BCUT2D eigenvalue weighted by Gasteiger charge is 2.20. The number of para-hydroxylation sites is 6. The number of nitrogens with zero attached hydrogens (tertiary/aromatic N) is 4. The molecule has 0 atom stereocenters. The van der Waals surface area contributed by atoms with Gasteiger partial charge in [0.2, 0.25) is 0 Å². The van der Waals surface area contributed by atoms with Gasteiger partial charge in [0, 0.05) is 65.8 Å². The van der Waals surface area contributed by atoms with E-state index in [0.29, 0.717) is 0 Å². The predicted octanol–water partition coefficient (Wildman–Crippen LogP) is 19.1. The normalized spacial score (nSPS) is 13.8. The van der Waals surface area contributed by atoms with Gasteiger partial charge in [0.25, 0.3) is 0 Å². The van der Waals surface area contributed by atoms with E-state index in [1.165, 1.54) is 0 Å². The average molecular weight is 977 g/mol. The van der Waals surface area contributed by atoms with Crippen molar-refractivity contribution in [3.8, 4) is 56.1 Å². The van der Waals surface area contributed by atoms with E-state index in [9.17, 15) is 0 Å². The molecule has 0 bridgehead atoms. The van der Waals surface area contributed by atoms with Crippen LogP contribution in [0.2, 0.25) is 0 Å². The molecule has 16 aromatic rings. The molecule has 16 rings (SSSR count). The summed E-state index contributed by atoms with van der Waals surface area (Å²) in [6.45, 7) is 0. The van der Waals surface area contributed by atoms with Crippen molar-refractivity contribution in [1.29, 1.82) is 0 Å². The zero-order valence-corrected chi connectivity index (χ0v) is 40.6. The summed E-state index contributed by atoms with van der Waals surface area (Å²) < 4.78 is 94.5. The van der Waals surface area contributed by atoms with Crippen molar-refractivity contribution in [3.05, 3.63) is 279 Å². The Balaban J connectivity index is 0.856. The average Bonchev–Trinajstić information content (AvgIpc) is 1.92. The molecule has 4 heteroatoms. The number of hydrogen-bond donors (Lipinski definition) is 0. The molecule has 12 aromatic carbocycles. The van der Waals surface area contributed by atoms with Gasteiger partial charge in [-0.15, -0.1) is 0 Å². The maximum Gasteiger partial charge on any atom is 0.0645 e. The largest absolute Gasteiger partial charge is 0.309 e. The summed E-state index contributed by atoms with van der Waals surface area (Å²) in [5.74, 6) is 0. The smallest absolute Gasteiger partial charge is 0.0645 e. The maximum atomic E-state index is 8.92. The summed E-state index contributed by atoms with van der Waals surface area (Å²) in [6.07, 6.45) is 0. The van der Waals surface area contributed by atoms with Gasteiger partial charge in [-0.1, -0.05) is 145 Å². The van der Waals surface area contributed by atoms with E-state index in [2.05, 4.69) is 143 Å². The third-order valence-corrected chi connectivity index (χ3v) is 15.3. The van der Waals surface area contributed by atoms with E-state index in [-0.39, 0.29) is 59.7 Å². The third kappa shape index (κ3) is 6.44. The molecule has 0 amide bonds. The van der Waals surface area contributed by atoms with Crippen molar-refractivity contribution >= 4 is 87.2 Å². The van der Waals surface area contributed by atoms with E-state index < -0.39 is 12.1 Å². The summed E-state index contributed by atoms with van der Waals surface area (Å²) in [5.41, 5.74) is 15.5. The Hall–Kier alpha value is -10.2.